The minimum Gasteiger partial charge on any atom is -0.369 e. The van der Waals surface area contributed by atoms with E-state index in [0.29, 0.717) is 6.10 Å². The molecular formula is C9H17NO. The molecule has 2 fully saturated rings. The van der Waals surface area contributed by atoms with Crippen LogP contribution < -0.4 is 0 Å². The molecule has 0 aromatic carbocycles. The van der Waals surface area contributed by atoms with Crippen molar-refractivity contribution >= 4 is 0 Å². The van der Waals surface area contributed by atoms with E-state index in [0.717, 1.165) is 13.1 Å². The topological polar surface area (TPSA) is 12.5 Å². The molecule has 1 saturated carbocycles. The van der Waals surface area contributed by atoms with Gasteiger partial charge in [0.15, 0.2) is 0 Å². The zero-order valence-electron chi connectivity index (χ0n) is 7.47. The molecule has 1 atom stereocenters. The van der Waals surface area contributed by atoms with Crippen LogP contribution in [0.5, 0.6) is 0 Å². The maximum absolute atomic E-state index is 5.94. The van der Waals surface area contributed by atoms with Crippen LogP contribution in [0.15, 0.2) is 0 Å². The normalized spacial score (nSPS) is 37.1. The molecule has 2 aliphatic rings. The van der Waals surface area contributed by atoms with Crippen LogP contribution in [0.3, 0.4) is 0 Å². The number of rotatable bonds is 0. The lowest BCUT2D eigenvalue weighted by atomic mass is 9.78. The smallest absolute Gasteiger partial charge is 0.0813 e. The first-order valence-corrected chi connectivity index (χ1v) is 4.57. The number of hydrogen-bond donors (Lipinski definition) is 0. The standard InChI is InChI=1S/C9H17NO/c1-8-6-10(2)7-9(11-8)4-3-5-9/h8H,3-7H2,1-2H3. The second kappa shape index (κ2) is 2.46. The van der Waals surface area contributed by atoms with Crippen LogP contribution in [0.25, 0.3) is 0 Å². The van der Waals surface area contributed by atoms with Gasteiger partial charge in [0, 0.05) is 13.1 Å². The minimum atomic E-state index is 0.270. The lowest BCUT2D eigenvalue weighted by Crippen LogP contribution is -2.57. The van der Waals surface area contributed by atoms with Crippen molar-refractivity contribution in [2.24, 2.45) is 0 Å². The quantitative estimate of drug-likeness (QED) is 0.522. The summed E-state index contributed by atoms with van der Waals surface area (Å²) in [7, 11) is 2.19. The second-order valence-corrected chi connectivity index (χ2v) is 4.16. The molecule has 2 heteroatoms. The van der Waals surface area contributed by atoms with E-state index < -0.39 is 0 Å². The van der Waals surface area contributed by atoms with Gasteiger partial charge >= 0.3 is 0 Å². The molecule has 0 aromatic heterocycles. The van der Waals surface area contributed by atoms with Gasteiger partial charge in [-0.2, -0.15) is 0 Å². The first-order valence-electron chi connectivity index (χ1n) is 4.57. The van der Waals surface area contributed by atoms with Gasteiger partial charge in [-0.25, -0.2) is 0 Å². The monoisotopic (exact) mass is 155 g/mol. The Morgan fingerprint density at radius 2 is 2.18 bits per heavy atom. The average Bonchev–Trinajstić information content (AvgIpc) is 1.82. The van der Waals surface area contributed by atoms with E-state index in [4.69, 9.17) is 4.74 Å². The van der Waals surface area contributed by atoms with Crippen LogP contribution in [0.2, 0.25) is 0 Å². The predicted molar refractivity (Wildman–Crippen MR) is 44.6 cm³/mol. The molecule has 1 unspecified atom stereocenters. The fraction of sp³-hybridized carbons (Fsp3) is 1.00. The van der Waals surface area contributed by atoms with Crippen molar-refractivity contribution < 1.29 is 4.74 Å². The maximum Gasteiger partial charge on any atom is 0.0813 e. The number of hydrogen-bond acceptors (Lipinski definition) is 2. The van der Waals surface area contributed by atoms with E-state index in [1.54, 1.807) is 0 Å². The SMILES string of the molecule is CC1CN(C)CC2(CCC2)O1. The van der Waals surface area contributed by atoms with Crippen molar-refractivity contribution in [1.82, 2.24) is 4.90 Å². The summed E-state index contributed by atoms with van der Waals surface area (Å²) in [6.07, 6.45) is 4.36. The van der Waals surface area contributed by atoms with Crippen molar-refractivity contribution in [3.63, 3.8) is 0 Å². The van der Waals surface area contributed by atoms with Crippen molar-refractivity contribution in [2.45, 2.75) is 37.9 Å². The van der Waals surface area contributed by atoms with Crippen molar-refractivity contribution in [1.29, 1.82) is 0 Å². The zero-order chi connectivity index (χ0) is 7.90. The summed E-state index contributed by atoms with van der Waals surface area (Å²) in [6.45, 7) is 4.43. The first-order chi connectivity index (χ1) is 5.20. The first kappa shape index (κ1) is 7.56. The van der Waals surface area contributed by atoms with Gasteiger partial charge in [-0.15, -0.1) is 0 Å². The highest BCUT2D eigenvalue weighted by atomic mass is 16.5. The molecule has 1 heterocycles. The predicted octanol–water partition coefficient (Wildman–Crippen LogP) is 1.26. The molecule has 1 aliphatic carbocycles. The van der Waals surface area contributed by atoms with Gasteiger partial charge in [0.05, 0.1) is 11.7 Å². The Balaban J connectivity index is 2.00. The van der Waals surface area contributed by atoms with Crippen LogP contribution in [-0.2, 0) is 4.74 Å². The lowest BCUT2D eigenvalue weighted by Gasteiger charge is -2.49. The molecule has 1 aliphatic heterocycles. The fourth-order valence-corrected chi connectivity index (χ4v) is 2.34. The summed E-state index contributed by atoms with van der Waals surface area (Å²) in [5, 5.41) is 0. The molecule has 0 bridgehead atoms. The van der Waals surface area contributed by atoms with Crippen molar-refractivity contribution in [2.75, 3.05) is 20.1 Å². The number of likely N-dealkylation sites (N-methyl/N-ethyl adjacent to an activating group) is 1. The van der Waals surface area contributed by atoms with Gasteiger partial charge in [-0.1, -0.05) is 0 Å². The molecule has 1 saturated heterocycles. The highest BCUT2D eigenvalue weighted by molar-refractivity contribution is 4.95. The third-order valence-electron chi connectivity index (χ3n) is 2.84. The molecule has 2 rings (SSSR count). The van der Waals surface area contributed by atoms with E-state index in [9.17, 15) is 0 Å². The maximum atomic E-state index is 5.94. The molecular weight excluding hydrogens is 138 g/mol. The average molecular weight is 155 g/mol. The summed E-state index contributed by atoms with van der Waals surface area (Å²) >= 11 is 0. The molecule has 2 nitrogen and oxygen atoms in total. The summed E-state index contributed by atoms with van der Waals surface area (Å²) in [5.74, 6) is 0. The second-order valence-electron chi connectivity index (χ2n) is 4.16. The van der Waals surface area contributed by atoms with E-state index in [1.165, 1.54) is 19.3 Å². The highest BCUT2D eigenvalue weighted by Gasteiger charge is 2.43. The summed E-state index contributed by atoms with van der Waals surface area (Å²) in [6, 6.07) is 0. The van der Waals surface area contributed by atoms with Crippen LogP contribution >= 0.6 is 0 Å². The summed E-state index contributed by atoms with van der Waals surface area (Å²) < 4.78 is 5.94. The number of morpholine rings is 1. The number of nitrogens with zero attached hydrogens (tertiary/aromatic N) is 1. The van der Waals surface area contributed by atoms with Gasteiger partial charge in [0.1, 0.15) is 0 Å². The highest BCUT2D eigenvalue weighted by Crippen LogP contribution is 2.39. The Bertz CT molecular complexity index is 142. The van der Waals surface area contributed by atoms with E-state index in [2.05, 4.69) is 18.9 Å². The van der Waals surface area contributed by atoms with Crippen LogP contribution in [0.4, 0.5) is 0 Å². The fourth-order valence-electron chi connectivity index (χ4n) is 2.34. The molecule has 1 spiro atoms. The third kappa shape index (κ3) is 1.30. The third-order valence-corrected chi connectivity index (χ3v) is 2.84. The van der Waals surface area contributed by atoms with Crippen LogP contribution in [0, 0.1) is 0 Å². The van der Waals surface area contributed by atoms with Gasteiger partial charge < -0.3 is 9.64 Å². The Morgan fingerprint density at radius 3 is 2.64 bits per heavy atom. The molecule has 64 valence electrons. The van der Waals surface area contributed by atoms with Crippen LogP contribution in [0.1, 0.15) is 26.2 Å². The number of ether oxygens (including phenoxy) is 1. The summed E-state index contributed by atoms with van der Waals surface area (Å²) in [5.41, 5.74) is 0.270. The van der Waals surface area contributed by atoms with E-state index >= 15 is 0 Å². The lowest BCUT2D eigenvalue weighted by molar-refractivity contribution is -0.180. The molecule has 11 heavy (non-hydrogen) atoms. The Hall–Kier alpha value is -0.0800. The molecule has 0 amide bonds. The molecule has 0 radical (unpaired) electrons. The molecule has 0 N–H and O–H groups in total. The Labute approximate surface area is 68.5 Å². The Morgan fingerprint density at radius 1 is 1.45 bits per heavy atom. The van der Waals surface area contributed by atoms with Gasteiger partial charge in [0.2, 0.25) is 0 Å². The zero-order valence-corrected chi connectivity index (χ0v) is 7.47. The Kier molecular flexibility index (Phi) is 1.69. The van der Waals surface area contributed by atoms with E-state index in [1.807, 2.05) is 0 Å². The van der Waals surface area contributed by atoms with Gasteiger partial charge in [-0.05, 0) is 33.2 Å². The molecule has 0 aromatic rings. The largest absolute Gasteiger partial charge is 0.369 e. The van der Waals surface area contributed by atoms with Crippen LogP contribution in [-0.4, -0.2) is 36.7 Å². The van der Waals surface area contributed by atoms with Crippen molar-refractivity contribution in [3.8, 4) is 0 Å². The summed E-state index contributed by atoms with van der Waals surface area (Å²) in [4.78, 5) is 2.40. The van der Waals surface area contributed by atoms with Gasteiger partial charge in [0.25, 0.3) is 0 Å². The van der Waals surface area contributed by atoms with E-state index in [-0.39, 0.29) is 5.60 Å². The van der Waals surface area contributed by atoms with Gasteiger partial charge in [-0.3, -0.25) is 0 Å². The van der Waals surface area contributed by atoms with Crippen molar-refractivity contribution in [3.05, 3.63) is 0 Å². The minimum absolute atomic E-state index is 0.270.